The number of nitrogens with zero attached hydrogens (tertiary/aromatic N) is 3. The average molecular weight is 411 g/mol. The molecule has 2 heterocycles. The molecule has 0 spiro atoms. The summed E-state index contributed by atoms with van der Waals surface area (Å²) < 4.78 is 50.7. The van der Waals surface area contributed by atoms with Gasteiger partial charge in [-0.3, -0.25) is 4.79 Å². The van der Waals surface area contributed by atoms with Crippen molar-refractivity contribution in [1.29, 1.82) is 0 Å². The van der Waals surface area contributed by atoms with Crippen LogP contribution in [0, 0.1) is 5.92 Å². The number of amides is 1. The highest BCUT2D eigenvalue weighted by atomic mass is 32.2. The molecule has 1 aliphatic heterocycles. The van der Waals surface area contributed by atoms with Gasteiger partial charge >= 0.3 is 0 Å². The third-order valence-electron chi connectivity index (χ3n) is 3.91. The largest absolute Gasteiger partial charge is 0.326 e. The van der Waals surface area contributed by atoms with Gasteiger partial charge in [-0.05, 0) is 30.3 Å². The quantitative estimate of drug-likeness (QED) is 0.688. The number of carbonyl (C=O) groups is 1. The summed E-state index contributed by atoms with van der Waals surface area (Å²) in [5.74, 6) is -0.795. The number of benzene rings is 1. The molecule has 1 fully saturated rings. The van der Waals surface area contributed by atoms with E-state index >= 15 is 0 Å². The third kappa shape index (κ3) is 4.59. The van der Waals surface area contributed by atoms with E-state index in [4.69, 9.17) is 0 Å². The molecule has 0 bridgehead atoms. The highest BCUT2D eigenvalue weighted by Gasteiger charge is 2.37. The summed E-state index contributed by atoms with van der Waals surface area (Å²) >= 11 is 0. The van der Waals surface area contributed by atoms with Crippen molar-refractivity contribution >= 4 is 37.6 Å². The van der Waals surface area contributed by atoms with E-state index in [0.29, 0.717) is 5.69 Å². The normalized spacial score (nSPS) is 15.7. The van der Waals surface area contributed by atoms with Crippen molar-refractivity contribution in [2.45, 2.75) is 4.90 Å². The van der Waals surface area contributed by atoms with Crippen LogP contribution in [0.1, 0.15) is 0 Å². The van der Waals surface area contributed by atoms with Crippen LogP contribution in [0.5, 0.6) is 0 Å². The average Bonchev–Trinajstić information content (AvgIpc) is 2.53. The van der Waals surface area contributed by atoms with Crippen LogP contribution < -0.4 is 10.0 Å². The van der Waals surface area contributed by atoms with Crippen LogP contribution in [-0.2, 0) is 24.8 Å². The van der Waals surface area contributed by atoms with Gasteiger partial charge in [-0.25, -0.2) is 35.8 Å². The summed E-state index contributed by atoms with van der Waals surface area (Å²) in [5.41, 5.74) is 0.410. The second-order valence-electron chi connectivity index (χ2n) is 5.97. The molecule has 0 atom stereocenters. The lowest BCUT2D eigenvalue weighted by Crippen LogP contribution is -2.53. The van der Waals surface area contributed by atoms with E-state index in [0.717, 1.165) is 6.26 Å². The Morgan fingerprint density at radius 2 is 1.67 bits per heavy atom. The summed E-state index contributed by atoms with van der Waals surface area (Å²) in [5, 5.41) is 2.64. The molecule has 27 heavy (non-hydrogen) atoms. The summed E-state index contributed by atoms with van der Waals surface area (Å²) in [7, 11) is -7.14. The molecule has 2 N–H and O–H groups in total. The van der Waals surface area contributed by atoms with Gasteiger partial charge in [0, 0.05) is 31.2 Å². The van der Waals surface area contributed by atoms with Gasteiger partial charge in [-0.2, -0.15) is 0 Å². The van der Waals surface area contributed by atoms with Crippen molar-refractivity contribution < 1.29 is 21.6 Å². The molecule has 2 aromatic rings. The summed E-state index contributed by atoms with van der Waals surface area (Å²) in [6.45, 7) is 0.274. The van der Waals surface area contributed by atoms with E-state index in [1.807, 2.05) is 0 Å². The number of nitrogens with one attached hydrogen (secondary N) is 2. The molecule has 1 amide bonds. The molecule has 0 aliphatic carbocycles. The van der Waals surface area contributed by atoms with Gasteiger partial charge in [0.1, 0.15) is 0 Å². The highest BCUT2D eigenvalue weighted by Crippen LogP contribution is 2.21. The van der Waals surface area contributed by atoms with E-state index < -0.39 is 26.0 Å². The van der Waals surface area contributed by atoms with Crippen molar-refractivity contribution in [1.82, 2.24) is 14.3 Å². The van der Waals surface area contributed by atoms with Crippen molar-refractivity contribution in [2.75, 3.05) is 29.4 Å². The van der Waals surface area contributed by atoms with Crippen molar-refractivity contribution in [3.63, 3.8) is 0 Å². The summed E-state index contributed by atoms with van der Waals surface area (Å²) in [6, 6.07) is 7.14. The zero-order valence-corrected chi connectivity index (χ0v) is 15.9. The number of hydrogen-bond donors (Lipinski definition) is 2. The van der Waals surface area contributed by atoms with E-state index in [-0.39, 0.29) is 29.8 Å². The Morgan fingerprint density at radius 1 is 1.07 bits per heavy atom. The van der Waals surface area contributed by atoms with Crippen molar-refractivity contribution in [3.8, 4) is 0 Å². The summed E-state index contributed by atoms with van der Waals surface area (Å²) in [4.78, 5) is 19.7. The maximum atomic E-state index is 12.3. The number of hydrogen-bond acceptors (Lipinski definition) is 7. The number of aromatic nitrogens is 2. The predicted octanol–water partition coefficient (Wildman–Crippen LogP) is 0.107. The van der Waals surface area contributed by atoms with Gasteiger partial charge in [0.15, 0.2) is 0 Å². The molecule has 1 saturated heterocycles. The number of anilines is 2. The second kappa shape index (κ2) is 7.21. The fourth-order valence-electron chi connectivity index (χ4n) is 2.37. The summed E-state index contributed by atoms with van der Waals surface area (Å²) in [6.07, 6.45) is 3.92. The van der Waals surface area contributed by atoms with Crippen LogP contribution in [0.15, 0.2) is 47.6 Å². The van der Waals surface area contributed by atoms with Gasteiger partial charge in [0.2, 0.25) is 21.9 Å². The molecule has 12 heteroatoms. The topological polar surface area (TPSA) is 138 Å². The standard InChI is InChI=1S/C15H17N5O5S2/c1-26(22,23)20-9-11(10-20)14(21)18-12-3-5-13(6-4-12)27(24,25)19-15-16-7-2-8-17-15/h2-8,11H,9-10H2,1H3,(H,18,21)(H,16,17,19). The first-order chi connectivity index (χ1) is 12.6. The van der Waals surface area contributed by atoms with Crippen LogP contribution in [0.4, 0.5) is 11.6 Å². The Labute approximate surface area is 156 Å². The lowest BCUT2D eigenvalue weighted by Gasteiger charge is -2.35. The number of carbonyl (C=O) groups excluding carboxylic acids is 1. The highest BCUT2D eigenvalue weighted by molar-refractivity contribution is 7.92. The van der Waals surface area contributed by atoms with Crippen molar-refractivity contribution in [3.05, 3.63) is 42.7 Å². The molecule has 0 saturated carbocycles. The minimum atomic E-state index is -3.85. The van der Waals surface area contributed by atoms with Crippen LogP contribution in [0.3, 0.4) is 0 Å². The fraction of sp³-hybridized carbons (Fsp3) is 0.267. The van der Waals surface area contributed by atoms with E-state index in [1.54, 1.807) is 6.07 Å². The molecule has 1 aromatic heterocycles. The van der Waals surface area contributed by atoms with Crippen LogP contribution >= 0.6 is 0 Å². The molecular weight excluding hydrogens is 394 g/mol. The third-order valence-corrected chi connectivity index (χ3v) is 6.49. The van der Waals surface area contributed by atoms with Crippen LogP contribution in [0.25, 0.3) is 0 Å². The Morgan fingerprint density at radius 3 is 2.22 bits per heavy atom. The molecule has 10 nitrogen and oxygen atoms in total. The first-order valence-electron chi connectivity index (χ1n) is 7.81. The fourth-order valence-corrected chi connectivity index (χ4v) is 4.23. The minimum Gasteiger partial charge on any atom is -0.326 e. The Hall–Kier alpha value is -2.57. The SMILES string of the molecule is CS(=O)(=O)N1CC(C(=O)Nc2ccc(S(=O)(=O)Nc3ncccn3)cc2)C1. The first-order valence-corrected chi connectivity index (χ1v) is 11.1. The minimum absolute atomic E-state index is 0.0140. The zero-order chi connectivity index (χ0) is 19.7. The molecule has 1 aliphatic rings. The van der Waals surface area contributed by atoms with Crippen LogP contribution in [-0.4, -0.2) is 56.4 Å². The monoisotopic (exact) mass is 411 g/mol. The van der Waals surface area contributed by atoms with Gasteiger partial charge in [0.05, 0.1) is 17.1 Å². The zero-order valence-electron chi connectivity index (χ0n) is 14.2. The van der Waals surface area contributed by atoms with E-state index in [2.05, 4.69) is 20.0 Å². The molecule has 0 unspecified atom stereocenters. The van der Waals surface area contributed by atoms with Gasteiger partial charge < -0.3 is 5.32 Å². The molecule has 144 valence electrons. The second-order valence-corrected chi connectivity index (χ2v) is 9.63. The van der Waals surface area contributed by atoms with Crippen LogP contribution in [0.2, 0.25) is 0 Å². The number of rotatable bonds is 6. The molecule has 0 radical (unpaired) electrons. The van der Waals surface area contributed by atoms with E-state index in [1.165, 1.54) is 41.0 Å². The first kappa shape index (κ1) is 19.2. The Kier molecular flexibility index (Phi) is 5.13. The predicted molar refractivity (Wildman–Crippen MR) is 97.8 cm³/mol. The van der Waals surface area contributed by atoms with Gasteiger partial charge in [-0.1, -0.05) is 0 Å². The lowest BCUT2D eigenvalue weighted by molar-refractivity contribution is -0.122. The number of sulfonamides is 2. The Balaban J connectivity index is 1.61. The maximum absolute atomic E-state index is 12.3. The maximum Gasteiger partial charge on any atom is 0.264 e. The van der Waals surface area contributed by atoms with Crippen molar-refractivity contribution in [2.24, 2.45) is 5.92 Å². The lowest BCUT2D eigenvalue weighted by atomic mass is 10.0. The van der Waals surface area contributed by atoms with E-state index in [9.17, 15) is 21.6 Å². The van der Waals surface area contributed by atoms with Gasteiger partial charge in [0.25, 0.3) is 10.0 Å². The Bertz CT molecular complexity index is 1030. The molecule has 3 rings (SSSR count). The molecule has 1 aromatic carbocycles. The smallest absolute Gasteiger partial charge is 0.264 e. The molecular formula is C15H17N5O5S2. The van der Waals surface area contributed by atoms with Gasteiger partial charge in [-0.15, -0.1) is 0 Å².